The Balaban J connectivity index is 1.70. The molecule has 1 N–H and O–H groups in total. The van der Waals surface area contributed by atoms with Crippen molar-refractivity contribution in [1.29, 1.82) is 0 Å². The summed E-state index contributed by atoms with van der Waals surface area (Å²) < 4.78 is 29.1. The van der Waals surface area contributed by atoms with E-state index in [9.17, 15) is 18.0 Å². The number of halogens is 1. The third-order valence-electron chi connectivity index (χ3n) is 7.36. The number of sulfonamides is 1. The first-order chi connectivity index (χ1) is 19.2. The van der Waals surface area contributed by atoms with E-state index < -0.39 is 28.5 Å². The van der Waals surface area contributed by atoms with Gasteiger partial charge in [0.05, 0.1) is 10.6 Å². The summed E-state index contributed by atoms with van der Waals surface area (Å²) in [4.78, 5) is 28.9. The van der Waals surface area contributed by atoms with Gasteiger partial charge in [-0.3, -0.25) is 13.9 Å². The van der Waals surface area contributed by atoms with Gasteiger partial charge in [0.2, 0.25) is 11.8 Å². The zero-order chi connectivity index (χ0) is 28.7. The second-order valence-corrected chi connectivity index (χ2v) is 12.4. The van der Waals surface area contributed by atoms with Gasteiger partial charge in [-0.05, 0) is 67.6 Å². The Kier molecular flexibility index (Phi) is 9.87. The Morgan fingerprint density at radius 1 is 0.975 bits per heavy atom. The smallest absolute Gasteiger partial charge is 0.264 e. The highest BCUT2D eigenvalue weighted by atomic mass is 35.5. The minimum atomic E-state index is -4.10. The van der Waals surface area contributed by atoms with E-state index in [2.05, 4.69) is 5.32 Å². The van der Waals surface area contributed by atoms with Gasteiger partial charge in [0.1, 0.15) is 12.6 Å². The fourth-order valence-electron chi connectivity index (χ4n) is 5.09. The second kappa shape index (κ2) is 13.3. The highest BCUT2D eigenvalue weighted by Gasteiger charge is 2.34. The van der Waals surface area contributed by atoms with Crippen molar-refractivity contribution >= 4 is 39.1 Å². The van der Waals surface area contributed by atoms with Crippen LogP contribution in [0.4, 0.5) is 5.69 Å². The lowest BCUT2D eigenvalue weighted by molar-refractivity contribution is -0.139. The van der Waals surface area contributed by atoms with E-state index >= 15 is 0 Å². The summed E-state index contributed by atoms with van der Waals surface area (Å²) in [5, 5.41) is 3.59. The zero-order valence-electron chi connectivity index (χ0n) is 22.9. The molecule has 0 aliphatic heterocycles. The largest absolute Gasteiger partial charge is 0.352 e. The molecule has 0 aromatic heterocycles. The number of nitrogens with one attached hydrogen (secondary N) is 1. The Morgan fingerprint density at radius 3 is 2.33 bits per heavy atom. The monoisotopic (exact) mass is 581 g/mol. The first kappa shape index (κ1) is 29.6. The van der Waals surface area contributed by atoms with Crippen LogP contribution in [0.5, 0.6) is 0 Å². The summed E-state index contributed by atoms with van der Waals surface area (Å²) in [7, 11) is -4.10. The number of amides is 2. The summed E-state index contributed by atoms with van der Waals surface area (Å²) in [6.45, 7) is 3.26. The maximum Gasteiger partial charge on any atom is 0.264 e. The molecule has 7 nitrogen and oxygen atoms in total. The molecule has 0 unspecified atom stereocenters. The van der Waals surface area contributed by atoms with Crippen LogP contribution in [0.15, 0.2) is 83.8 Å². The SMILES string of the molecule is CCc1ccccc1N(CC(=O)N(Cc1cccc(Cl)c1)[C@H](C)C(=O)NC1CCCC1)S(=O)(=O)c1ccccc1. The number of benzene rings is 3. The Bertz CT molecular complexity index is 1430. The molecule has 4 rings (SSSR count). The van der Waals surface area contributed by atoms with E-state index in [1.54, 1.807) is 55.5 Å². The molecule has 212 valence electrons. The fraction of sp³-hybridized carbons (Fsp3) is 0.355. The van der Waals surface area contributed by atoms with E-state index in [1.165, 1.54) is 17.0 Å². The molecule has 40 heavy (non-hydrogen) atoms. The molecular weight excluding hydrogens is 546 g/mol. The first-order valence-electron chi connectivity index (χ1n) is 13.7. The third-order valence-corrected chi connectivity index (χ3v) is 9.37. The van der Waals surface area contributed by atoms with Crippen LogP contribution in [0.2, 0.25) is 5.02 Å². The van der Waals surface area contributed by atoms with Gasteiger partial charge in [-0.15, -0.1) is 0 Å². The van der Waals surface area contributed by atoms with Crippen molar-refractivity contribution in [2.75, 3.05) is 10.8 Å². The molecule has 1 saturated carbocycles. The summed E-state index contributed by atoms with van der Waals surface area (Å²) in [6.07, 6.45) is 4.54. The molecule has 1 atom stereocenters. The fourth-order valence-corrected chi connectivity index (χ4v) is 6.78. The van der Waals surface area contributed by atoms with Gasteiger partial charge in [-0.25, -0.2) is 8.42 Å². The molecule has 1 aliphatic rings. The highest BCUT2D eigenvalue weighted by Crippen LogP contribution is 2.28. The zero-order valence-corrected chi connectivity index (χ0v) is 24.5. The Labute approximate surface area is 242 Å². The predicted octanol–water partition coefficient (Wildman–Crippen LogP) is 5.57. The van der Waals surface area contributed by atoms with Crippen LogP contribution in [-0.4, -0.2) is 43.8 Å². The van der Waals surface area contributed by atoms with Crippen molar-refractivity contribution in [1.82, 2.24) is 10.2 Å². The van der Waals surface area contributed by atoms with Gasteiger partial charge >= 0.3 is 0 Å². The van der Waals surface area contributed by atoms with Crippen molar-refractivity contribution in [3.8, 4) is 0 Å². The molecule has 3 aromatic carbocycles. The lowest BCUT2D eigenvalue weighted by atomic mass is 10.1. The number of hydrogen-bond donors (Lipinski definition) is 1. The van der Waals surface area contributed by atoms with Crippen LogP contribution >= 0.6 is 11.6 Å². The van der Waals surface area contributed by atoms with Crippen LogP contribution in [0.25, 0.3) is 0 Å². The van der Waals surface area contributed by atoms with Gasteiger partial charge in [0.15, 0.2) is 0 Å². The van der Waals surface area contributed by atoms with E-state index in [0.29, 0.717) is 17.1 Å². The number of carbonyl (C=O) groups is 2. The van der Waals surface area contributed by atoms with Crippen LogP contribution in [-0.2, 0) is 32.6 Å². The minimum Gasteiger partial charge on any atom is -0.352 e. The summed E-state index contributed by atoms with van der Waals surface area (Å²) >= 11 is 6.22. The second-order valence-electron chi connectivity index (χ2n) is 10.1. The standard InChI is InChI=1S/C31H36ClN3O4S/c1-3-25-13-7-10-19-29(25)35(40(38,39)28-17-5-4-6-18-28)22-30(36)34(21-24-12-11-14-26(32)20-24)23(2)31(37)33-27-15-8-9-16-27/h4-7,10-14,17-20,23,27H,3,8-9,15-16,21-22H2,1-2H3,(H,33,37)/t23-/m1/s1. The number of anilines is 1. The number of nitrogens with zero attached hydrogens (tertiary/aromatic N) is 2. The van der Waals surface area contributed by atoms with Crippen LogP contribution < -0.4 is 9.62 Å². The van der Waals surface area contributed by atoms with E-state index in [4.69, 9.17) is 11.6 Å². The van der Waals surface area contributed by atoms with Crippen molar-refractivity contribution in [3.63, 3.8) is 0 Å². The molecule has 0 heterocycles. The van der Waals surface area contributed by atoms with Crippen molar-refractivity contribution in [3.05, 3.63) is 95.0 Å². The molecular formula is C31H36ClN3O4S. The maximum absolute atomic E-state index is 14.1. The average molecular weight is 582 g/mol. The predicted molar refractivity (Wildman–Crippen MR) is 159 cm³/mol. The molecule has 2 amide bonds. The van der Waals surface area contributed by atoms with E-state index in [0.717, 1.165) is 41.1 Å². The topological polar surface area (TPSA) is 86.8 Å². The van der Waals surface area contributed by atoms with Crippen molar-refractivity contribution in [2.45, 2.75) is 69.5 Å². The van der Waals surface area contributed by atoms with E-state index in [-0.39, 0.29) is 23.4 Å². The molecule has 3 aromatic rings. The molecule has 0 saturated heterocycles. The van der Waals surface area contributed by atoms with Crippen LogP contribution in [0.1, 0.15) is 50.7 Å². The van der Waals surface area contributed by atoms with Crippen molar-refractivity contribution < 1.29 is 18.0 Å². The molecule has 0 radical (unpaired) electrons. The molecule has 1 aliphatic carbocycles. The summed E-state index contributed by atoms with van der Waals surface area (Å²) in [5.41, 5.74) is 1.98. The maximum atomic E-state index is 14.1. The first-order valence-corrected chi connectivity index (χ1v) is 15.5. The number of aryl methyl sites for hydroxylation is 1. The van der Waals surface area contributed by atoms with Gasteiger partial charge in [-0.1, -0.05) is 79.9 Å². The molecule has 0 bridgehead atoms. The van der Waals surface area contributed by atoms with Gasteiger partial charge < -0.3 is 10.2 Å². The molecule has 9 heteroatoms. The van der Waals surface area contributed by atoms with Crippen molar-refractivity contribution in [2.24, 2.45) is 0 Å². The van der Waals surface area contributed by atoms with Gasteiger partial charge in [-0.2, -0.15) is 0 Å². The summed E-state index contributed by atoms with van der Waals surface area (Å²) in [6, 6.07) is 21.6. The molecule has 1 fully saturated rings. The number of carbonyl (C=O) groups excluding carboxylic acids is 2. The normalized spacial score (nSPS) is 14.5. The Morgan fingerprint density at radius 2 is 1.65 bits per heavy atom. The summed E-state index contributed by atoms with van der Waals surface area (Å²) in [5.74, 6) is -0.742. The van der Waals surface area contributed by atoms with Crippen LogP contribution in [0, 0.1) is 0 Å². The van der Waals surface area contributed by atoms with E-state index in [1.807, 2.05) is 25.1 Å². The quantitative estimate of drug-likeness (QED) is 0.320. The number of rotatable bonds is 11. The Hall–Kier alpha value is -3.36. The highest BCUT2D eigenvalue weighted by molar-refractivity contribution is 7.92. The van der Waals surface area contributed by atoms with Crippen LogP contribution in [0.3, 0.4) is 0 Å². The van der Waals surface area contributed by atoms with Gasteiger partial charge in [0, 0.05) is 17.6 Å². The lowest BCUT2D eigenvalue weighted by Gasteiger charge is -2.33. The third kappa shape index (κ3) is 7.04. The average Bonchev–Trinajstić information content (AvgIpc) is 3.47. The number of hydrogen-bond acceptors (Lipinski definition) is 4. The molecule has 0 spiro atoms. The van der Waals surface area contributed by atoms with Gasteiger partial charge in [0.25, 0.3) is 10.0 Å². The minimum absolute atomic E-state index is 0.0853. The number of para-hydroxylation sites is 1. The lowest BCUT2D eigenvalue weighted by Crippen LogP contribution is -2.52.